The Kier molecular flexibility index (Phi) is 2.60. The second-order valence-corrected chi connectivity index (χ2v) is 4.34. The lowest BCUT2D eigenvalue weighted by Crippen LogP contribution is -2.33. The van der Waals surface area contributed by atoms with Crippen LogP contribution in [0, 0.1) is 0 Å². The van der Waals surface area contributed by atoms with Crippen molar-refractivity contribution in [3.63, 3.8) is 0 Å². The molecular formula is C13H18O. The van der Waals surface area contributed by atoms with Gasteiger partial charge in [0.1, 0.15) is 0 Å². The molecular weight excluding hydrogens is 172 g/mol. The zero-order valence-corrected chi connectivity index (χ0v) is 8.79. The standard InChI is InChI=1S/C13H18O/c1-2-13(8-3-9-13)12-6-4-11(10-14)5-7-12/h4-7,14H,2-3,8-10H2,1H3. The first-order valence-electron chi connectivity index (χ1n) is 5.51. The minimum Gasteiger partial charge on any atom is -0.392 e. The van der Waals surface area contributed by atoms with E-state index in [9.17, 15) is 0 Å². The topological polar surface area (TPSA) is 20.2 Å². The van der Waals surface area contributed by atoms with E-state index in [0.29, 0.717) is 5.41 Å². The highest BCUT2D eigenvalue weighted by Crippen LogP contribution is 2.46. The van der Waals surface area contributed by atoms with Crippen LogP contribution in [0.2, 0.25) is 0 Å². The Balaban J connectivity index is 2.23. The van der Waals surface area contributed by atoms with Crippen molar-refractivity contribution in [2.24, 2.45) is 0 Å². The summed E-state index contributed by atoms with van der Waals surface area (Å²) in [6, 6.07) is 8.47. The monoisotopic (exact) mass is 190 g/mol. The van der Waals surface area contributed by atoms with E-state index in [-0.39, 0.29) is 6.61 Å². The van der Waals surface area contributed by atoms with E-state index in [1.807, 2.05) is 12.1 Å². The van der Waals surface area contributed by atoms with Crippen LogP contribution in [0.5, 0.6) is 0 Å². The molecule has 0 atom stereocenters. The lowest BCUT2D eigenvalue weighted by molar-refractivity contribution is 0.234. The zero-order chi connectivity index (χ0) is 10.0. The normalized spacial score (nSPS) is 19.0. The molecule has 1 aliphatic carbocycles. The summed E-state index contributed by atoms with van der Waals surface area (Å²) in [4.78, 5) is 0. The average molecular weight is 190 g/mol. The molecule has 2 rings (SSSR count). The highest BCUT2D eigenvalue weighted by Gasteiger charge is 2.36. The van der Waals surface area contributed by atoms with E-state index in [1.165, 1.54) is 31.2 Å². The van der Waals surface area contributed by atoms with Crippen molar-refractivity contribution in [2.75, 3.05) is 0 Å². The van der Waals surface area contributed by atoms with Crippen LogP contribution in [0.15, 0.2) is 24.3 Å². The van der Waals surface area contributed by atoms with E-state index >= 15 is 0 Å². The Morgan fingerprint density at radius 1 is 1.21 bits per heavy atom. The Morgan fingerprint density at radius 2 is 1.86 bits per heavy atom. The second kappa shape index (κ2) is 3.74. The molecule has 0 radical (unpaired) electrons. The third-order valence-electron chi connectivity index (χ3n) is 3.74. The first-order valence-corrected chi connectivity index (χ1v) is 5.51. The van der Waals surface area contributed by atoms with Crippen LogP contribution in [0.3, 0.4) is 0 Å². The Morgan fingerprint density at radius 3 is 2.21 bits per heavy atom. The Bertz CT molecular complexity index is 290. The molecule has 0 amide bonds. The van der Waals surface area contributed by atoms with Crippen molar-refractivity contribution in [3.8, 4) is 0 Å². The number of benzene rings is 1. The fourth-order valence-electron chi connectivity index (χ4n) is 2.41. The van der Waals surface area contributed by atoms with Gasteiger partial charge in [-0.3, -0.25) is 0 Å². The Hall–Kier alpha value is -0.820. The molecule has 0 bridgehead atoms. The molecule has 1 aliphatic rings. The summed E-state index contributed by atoms with van der Waals surface area (Å²) in [7, 11) is 0. The molecule has 76 valence electrons. The minimum absolute atomic E-state index is 0.152. The van der Waals surface area contributed by atoms with Gasteiger partial charge in [-0.15, -0.1) is 0 Å². The molecule has 0 spiro atoms. The van der Waals surface area contributed by atoms with Crippen molar-refractivity contribution in [1.29, 1.82) is 0 Å². The van der Waals surface area contributed by atoms with Gasteiger partial charge in [0.25, 0.3) is 0 Å². The molecule has 1 heteroatoms. The van der Waals surface area contributed by atoms with E-state index in [1.54, 1.807) is 0 Å². The van der Waals surface area contributed by atoms with Gasteiger partial charge in [0, 0.05) is 0 Å². The SMILES string of the molecule is CCC1(c2ccc(CO)cc2)CCC1. The first kappa shape index (κ1) is 9.72. The number of hydrogen-bond donors (Lipinski definition) is 1. The van der Waals surface area contributed by atoms with E-state index in [0.717, 1.165) is 5.56 Å². The van der Waals surface area contributed by atoms with Crippen LogP contribution in [-0.2, 0) is 12.0 Å². The van der Waals surface area contributed by atoms with Gasteiger partial charge in [-0.1, -0.05) is 37.6 Å². The fourth-order valence-corrected chi connectivity index (χ4v) is 2.41. The molecule has 0 saturated heterocycles. The molecule has 1 N–H and O–H groups in total. The quantitative estimate of drug-likeness (QED) is 0.776. The lowest BCUT2D eigenvalue weighted by Gasteiger charge is -2.42. The summed E-state index contributed by atoms with van der Waals surface area (Å²) in [6.07, 6.45) is 5.28. The largest absolute Gasteiger partial charge is 0.392 e. The lowest BCUT2D eigenvalue weighted by atomic mass is 9.63. The summed E-state index contributed by atoms with van der Waals surface area (Å²) in [6.45, 7) is 2.43. The summed E-state index contributed by atoms with van der Waals surface area (Å²) in [5, 5.41) is 8.96. The van der Waals surface area contributed by atoms with Crippen LogP contribution in [0.25, 0.3) is 0 Å². The number of aliphatic hydroxyl groups excluding tert-OH is 1. The molecule has 1 fully saturated rings. The van der Waals surface area contributed by atoms with Crippen molar-refractivity contribution in [3.05, 3.63) is 35.4 Å². The minimum atomic E-state index is 0.152. The number of aliphatic hydroxyl groups is 1. The van der Waals surface area contributed by atoms with E-state index in [2.05, 4.69) is 19.1 Å². The van der Waals surface area contributed by atoms with Crippen LogP contribution >= 0.6 is 0 Å². The molecule has 0 heterocycles. The molecule has 0 unspecified atom stereocenters. The van der Waals surface area contributed by atoms with Gasteiger partial charge in [0.15, 0.2) is 0 Å². The highest BCUT2D eigenvalue weighted by atomic mass is 16.3. The van der Waals surface area contributed by atoms with Crippen LogP contribution < -0.4 is 0 Å². The zero-order valence-electron chi connectivity index (χ0n) is 8.79. The molecule has 1 aromatic rings. The highest BCUT2D eigenvalue weighted by molar-refractivity contribution is 5.30. The van der Waals surface area contributed by atoms with Crippen molar-refractivity contribution < 1.29 is 5.11 Å². The van der Waals surface area contributed by atoms with E-state index < -0.39 is 0 Å². The van der Waals surface area contributed by atoms with Gasteiger partial charge < -0.3 is 5.11 Å². The number of hydrogen-bond acceptors (Lipinski definition) is 1. The molecule has 1 saturated carbocycles. The third-order valence-corrected chi connectivity index (χ3v) is 3.74. The molecule has 1 aromatic carbocycles. The summed E-state index contributed by atoms with van der Waals surface area (Å²) < 4.78 is 0. The molecule has 0 aliphatic heterocycles. The maximum absolute atomic E-state index is 8.96. The average Bonchev–Trinajstić information content (AvgIpc) is 2.18. The van der Waals surface area contributed by atoms with E-state index in [4.69, 9.17) is 5.11 Å². The van der Waals surface area contributed by atoms with Gasteiger partial charge in [-0.05, 0) is 35.8 Å². The molecule has 0 aromatic heterocycles. The summed E-state index contributed by atoms with van der Waals surface area (Å²) in [5.41, 5.74) is 2.94. The van der Waals surface area contributed by atoms with Gasteiger partial charge in [0.2, 0.25) is 0 Å². The molecule has 1 nitrogen and oxygen atoms in total. The second-order valence-electron chi connectivity index (χ2n) is 4.34. The van der Waals surface area contributed by atoms with Crippen molar-refractivity contribution >= 4 is 0 Å². The van der Waals surface area contributed by atoms with Gasteiger partial charge in [0.05, 0.1) is 6.61 Å². The van der Waals surface area contributed by atoms with Crippen LogP contribution in [0.1, 0.15) is 43.7 Å². The van der Waals surface area contributed by atoms with Crippen molar-refractivity contribution in [1.82, 2.24) is 0 Å². The van der Waals surface area contributed by atoms with Gasteiger partial charge >= 0.3 is 0 Å². The van der Waals surface area contributed by atoms with Crippen molar-refractivity contribution in [2.45, 2.75) is 44.6 Å². The fraction of sp³-hybridized carbons (Fsp3) is 0.538. The third kappa shape index (κ3) is 1.46. The summed E-state index contributed by atoms with van der Waals surface area (Å²) >= 11 is 0. The summed E-state index contributed by atoms with van der Waals surface area (Å²) in [5.74, 6) is 0. The predicted molar refractivity (Wildman–Crippen MR) is 58.2 cm³/mol. The predicted octanol–water partition coefficient (Wildman–Crippen LogP) is 3.01. The van der Waals surface area contributed by atoms with Gasteiger partial charge in [-0.2, -0.15) is 0 Å². The Labute approximate surface area is 85.8 Å². The smallest absolute Gasteiger partial charge is 0.0681 e. The molecule has 14 heavy (non-hydrogen) atoms. The van der Waals surface area contributed by atoms with Crippen LogP contribution in [-0.4, -0.2) is 5.11 Å². The maximum atomic E-state index is 8.96. The van der Waals surface area contributed by atoms with Crippen LogP contribution in [0.4, 0.5) is 0 Å². The van der Waals surface area contributed by atoms with Gasteiger partial charge in [-0.25, -0.2) is 0 Å². The number of rotatable bonds is 3. The maximum Gasteiger partial charge on any atom is 0.0681 e. The first-order chi connectivity index (χ1) is 6.80.